The molecule has 0 aliphatic heterocycles. The SMILES string of the molecule is CC1CCCC2=CC[C@@H](CCC1)[C@@H]2C. The molecule has 0 radical (unpaired) electrons. The molecule has 2 aliphatic rings. The summed E-state index contributed by atoms with van der Waals surface area (Å²) in [7, 11) is 0. The van der Waals surface area contributed by atoms with Crippen LogP contribution in [0.4, 0.5) is 0 Å². The van der Waals surface area contributed by atoms with Crippen molar-refractivity contribution in [2.75, 3.05) is 0 Å². The number of hydrogen-bond donors (Lipinski definition) is 0. The van der Waals surface area contributed by atoms with Crippen molar-refractivity contribution in [3.05, 3.63) is 11.6 Å². The van der Waals surface area contributed by atoms with Crippen molar-refractivity contribution < 1.29 is 0 Å². The molecule has 14 heavy (non-hydrogen) atoms. The molecule has 0 nitrogen and oxygen atoms in total. The molecule has 0 aromatic carbocycles. The Hall–Kier alpha value is -0.260. The molecule has 2 bridgehead atoms. The monoisotopic (exact) mass is 192 g/mol. The van der Waals surface area contributed by atoms with Crippen molar-refractivity contribution in [1.29, 1.82) is 0 Å². The van der Waals surface area contributed by atoms with E-state index in [2.05, 4.69) is 19.9 Å². The van der Waals surface area contributed by atoms with Crippen LogP contribution in [0, 0.1) is 17.8 Å². The minimum absolute atomic E-state index is 0.906. The average Bonchev–Trinajstić information content (AvgIpc) is 2.50. The third-order valence-corrected chi connectivity index (χ3v) is 4.41. The first-order chi connectivity index (χ1) is 6.77. The van der Waals surface area contributed by atoms with Gasteiger partial charge in [0.1, 0.15) is 0 Å². The van der Waals surface area contributed by atoms with Gasteiger partial charge in [-0.15, -0.1) is 0 Å². The summed E-state index contributed by atoms with van der Waals surface area (Å²) in [5, 5.41) is 0. The van der Waals surface area contributed by atoms with E-state index >= 15 is 0 Å². The van der Waals surface area contributed by atoms with Crippen LogP contribution < -0.4 is 0 Å². The predicted octanol–water partition coefficient (Wildman–Crippen LogP) is 4.56. The van der Waals surface area contributed by atoms with Crippen LogP contribution in [0.2, 0.25) is 0 Å². The van der Waals surface area contributed by atoms with Crippen molar-refractivity contribution >= 4 is 0 Å². The predicted molar refractivity (Wildman–Crippen MR) is 62.2 cm³/mol. The lowest BCUT2D eigenvalue weighted by atomic mass is 9.83. The minimum Gasteiger partial charge on any atom is -0.0848 e. The largest absolute Gasteiger partial charge is 0.0848 e. The summed E-state index contributed by atoms with van der Waals surface area (Å²) in [5.74, 6) is 2.88. The number of hydrogen-bond acceptors (Lipinski definition) is 0. The van der Waals surface area contributed by atoms with Crippen LogP contribution in [0.15, 0.2) is 11.6 Å². The Morgan fingerprint density at radius 3 is 2.71 bits per heavy atom. The molecular weight excluding hydrogens is 168 g/mol. The van der Waals surface area contributed by atoms with E-state index in [9.17, 15) is 0 Å². The average molecular weight is 192 g/mol. The summed E-state index contributed by atoms with van der Waals surface area (Å²) in [5.41, 5.74) is 1.78. The fourth-order valence-corrected chi connectivity index (χ4v) is 3.22. The van der Waals surface area contributed by atoms with E-state index < -0.39 is 0 Å². The first-order valence-electron chi connectivity index (χ1n) is 6.46. The molecule has 1 unspecified atom stereocenters. The van der Waals surface area contributed by atoms with Gasteiger partial charge in [0, 0.05) is 0 Å². The number of fused-ring (bicyclic) bond motifs is 2. The molecule has 0 N–H and O–H groups in total. The van der Waals surface area contributed by atoms with Gasteiger partial charge in [-0.2, -0.15) is 0 Å². The van der Waals surface area contributed by atoms with E-state index in [1.165, 1.54) is 44.9 Å². The Morgan fingerprint density at radius 1 is 1.07 bits per heavy atom. The minimum atomic E-state index is 0.906. The first kappa shape index (κ1) is 10.3. The van der Waals surface area contributed by atoms with Crippen molar-refractivity contribution in [3.8, 4) is 0 Å². The molecule has 0 heterocycles. The first-order valence-corrected chi connectivity index (χ1v) is 6.46. The maximum absolute atomic E-state index is 2.55. The smallest absolute Gasteiger partial charge is 0.0200 e. The Balaban J connectivity index is 1.97. The van der Waals surface area contributed by atoms with Gasteiger partial charge in [-0.25, -0.2) is 0 Å². The van der Waals surface area contributed by atoms with Crippen molar-refractivity contribution in [2.45, 2.75) is 58.8 Å². The van der Waals surface area contributed by atoms with Crippen molar-refractivity contribution in [3.63, 3.8) is 0 Å². The molecule has 0 aromatic heterocycles. The fourth-order valence-electron chi connectivity index (χ4n) is 3.22. The maximum atomic E-state index is 2.55. The van der Waals surface area contributed by atoms with Crippen molar-refractivity contribution in [1.82, 2.24) is 0 Å². The van der Waals surface area contributed by atoms with Gasteiger partial charge in [0.05, 0.1) is 0 Å². The summed E-state index contributed by atoms with van der Waals surface area (Å²) < 4.78 is 0. The normalized spacial score (nSPS) is 39.3. The van der Waals surface area contributed by atoms with E-state index in [1.807, 2.05) is 0 Å². The van der Waals surface area contributed by atoms with E-state index in [0.29, 0.717) is 0 Å². The van der Waals surface area contributed by atoms with Crippen LogP contribution in [0.1, 0.15) is 58.8 Å². The van der Waals surface area contributed by atoms with Crippen LogP contribution >= 0.6 is 0 Å². The van der Waals surface area contributed by atoms with Gasteiger partial charge in [0.25, 0.3) is 0 Å². The second-order valence-electron chi connectivity index (χ2n) is 5.49. The lowest BCUT2D eigenvalue weighted by molar-refractivity contribution is 0.346. The molecule has 3 atom stereocenters. The van der Waals surface area contributed by atoms with E-state index in [4.69, 9.17) is 0 Å². The fraction of sp³-hybridized carbons (Fsp3) is 0.857. The van der Waals surface area contributed by atoms with Gasteiger partial charge < -0.3 is 0 Å². The van der Waals surface area contributed by atoms with Crippen LogP contribution in [-0.2, 0) is 0 Å². The van der Waals surface area contributed by atoms with Crippen LogP contribution in [0.3, 0.4) is 0 Å². The zero-order chi connectivity index (χ0) is 9.97. The molecule has 0 amide bonds. The maximum Gasteiger partial charge on any atom is -0.0200 e. The van der Waals surface area contributed by atoms with Crippen LogP contribution in [0.25, 0.3) is 0 Å². The topological polar surface area (TPSA) is 0 Å². The quantitative estimate of drug-likeness (QED) is 0.494. The van der Waals surface area contributed by atoms with Gasteiger partial charge in [0.2, 0.25) is 0 Å². The van der Waals surface area contributed by atoms with Crippen molar-refractivity contribution in [2.24, 2.45) is 17.8 Å². The van der Waals surface area contributed by atoms with Gasteiger partial charge in [0.15, 0.2) is 0 Å². The number of allylic oxidation sites excluding steroid dienone is 2. The molecule has 2 rings (SSSR count). The Kier molecular flexibility index (Phi) is 3.30. The molecular formula is C14H24. The lowest BCUT2D eigenvalue weighted by Gasteiger charge is -2.22. The highest BCUT2D eigenvalue weighted by atomic mass is 14.3. The van der Waals surface area contributed by atoms with E-state index in [0.717, 1.165) is 17.8 Å². The zero-order valence-electron chi connectivity index (χ0n) is 9.76. The third-order valence-electron chi connectivity index (χ3n) is 4.41. The van der Waals surface area contributed by atoms with E-state index in [1.54, 1.807) is 5.57 Å². The summed E-state index contributed by atoms with van der Waals surface area (Å²) in [4.78, 5) is 0. The Labute approximate surface area is 88.8 Å². The Bertz CT molecular complexity index is 214. The third kappa shape index (κ3) is 2.21. The Morgan fingerprint density at radius 2 is 1.86 bits per heavy atom. The standard InChI is InChI=1S/C14H24/c1-11-5-3-7-13-9-10-14(12(13)2)8-4-6-11/h9,11-12,14H,3-8,10H2,1-2H3/t11?,12-,14-/m1/s1. The molecule has 0 saturated heterocycles. The van der Waals surface area contributed by atoms with Crippen LogP contribution in [0.5, 0.6) is 0 Å². The second kappa shape index (κ2) is 4.51. The van der Waals surface area contributed by atoms with Gasteiger partial charge in [-0.3, -0.25) is 0 Å². The van der Waals surface area contributed by atoms with Gasteiger partial charge in [-0.05, 0) is 43.4 Å². The highest BCUT2D eigenvalue weighted by Crippen LogP contribution is 2.39. The molecule has 0 heteroatoms. The second-order valence-corrected chi connectivity index (χ2v) is 5.49. The van der Waals surface area contributed by atoms with Crippen LogP contribution in [-0.4, -0.2) is 0 Å². The van der Waals surface area contributed by atoms with Gasteiger partial charge >= 0.3 is 0 Å². The highest BCUT2D eigenvalue weighted by molar-refractivity contribution is 5.14. The molecule has 1 fully saturated rings. The molecule has 0 aromatic rings. The summed E-state index contributed by atoms with van der Waals surface area (Å²) in [6, 6.07) is 0. The summed E-state index contributed by atoms with van der Waals surface area (Å²) in [6.07, 6.45) is 12.6. The summed E-state index contributed by atoms with van der Waals surface area (Å²) >= 11 is 0. The van der Waals surface area contributed by atoms with E-state index in [-0.39, 0.29) is 0 Å². The molecule has 1 saturated carbocycles. The number of rotatable bonds is 0. The van der Waals surface area contributed by atoms with Gasteiger partial charge in [-0.1, -0.05) is 44.8 Å². The molecule has 0 spiro atoms. The zero-order valence-corrected chi connectivity index (χ0v) is 9.76. The molecule has 80 valence electrons. The highest BCUT2D eigenvalue weighted by Gasteiger charge is 2.25. The molecule has 2 aliphatic carbocycles. The summed E-state index contributed by atoms with van der Waals surface area (Å²) in [6.45, 7) is 4.88. The lowest BCUT2D eigenvalue weighted by Crippen LogP contribution is -2.10.